The lowest BCUT2D eigenvalue weighted by molar-refractivity contribution is -0.144. The Bertz CT molecular complexity index is 1020. The fourth-order valence-corrected chi connectivity index (χ4v) is 2.97. The molecule has 1 N–H and O–H groups in total. The SMILES string of the molecule is [2H]c1cc(-c2cccc(-c3cc([C@]4(O)CCN(C)C4=O)on3)n2)nc(Cl)n1. The van der Waals surface area contributed by atoms with Crippen LogP contribution in [0.2, 0.25) is 5.28 Å². The molecule has 1 saturated heterocycles. The summed E-state index contributed by atoms with van der Waals surface area (Å²) in [6, 6.07) is 8.12. The minimum Gasteiger partial charge on any atom is -0.373 e. The highest BCUT2D eigenvalue weighted by atomic mass is 35.5. The van der Waals surface area contributed by atoms with E-state index in [0.29, 0.717) is 29.3 Å². The van der Waals surface area contributed by atoms with E-state index in [0.717, 1.165) is 0 Å². The molecule has 8 nitrogen and oxygen atoms in total. The van der Waals surface area contributed by atoms with Crippen LogP contribution in [-0.2, 0) is 10.4 Å². The number of pyridine rings is 1. The molecule has 9 heteroatoms. The number of amides is 1. The highest BCUT2D eigenvalue weighted by Gasteiger charge is 2.48. The zero-order valence-corrected chi connectivity index (χ0v) is 14.4. The van der Waals surface area contributed by atoms with Crippen molar-refractivity contribution in [2.45, 2.75) is 12.0 Å². The van der Waals surface area contributed by atoms with Crippen LogP contribution in [0.25, 0.3) is 22.8 Å². The van der Waals surface area contributed by atoms with Crippen LogP contribution in [0, 0.1) is 0 Å². The van der Waals surface area contributed by atoms with Crippen molar-refractivity contribution in [3.63, 3.8) is 0 Å². The van der Waals surface area contributed by atoms with E-state index in [9.17, 15) is 9.90 Å². The number of aliphatic hydroxyl groups is 1. The summed E-state index contributed by atoms with van der Waals surface area (Å²) < 4.78 is 12.9. The van der Waals surface area contributed by atoms with E-state index in [-0.39, 0.29) is 23.6 Å². The van der Waals surface area contributed by atoms with Gasteiger partial charge >= 0.3 is 0 Å². The molecule has 132 valence electrons. The van der Waals surface area contributed by atoms with Gasteiger partial charge in [0.1, 0.15) is 5.69 Å². The molecule has 1 atom stereocenters. The van der Waals surface area contributed by atoms with E-state index in [1.54, 1.807) is 25.2 Å². The van der Waals surface area contributed by atoms with Crippen LogP contribution in [0.4, 0.5) is 0 Å². The summed E-state index contributed by atoms with van der Waals surface area (Å²) in [5, 5.41) is 14.6. The summed E-state index contributed by atoms with van der Waals surface area (Å²) in [5.41, 5.74) is -0.000152. The van der Waals surface area contributed by atoms with Crippen LogP contribution in [0.5, 0.6) is 0 Å². The quantitative estimate of drug-likeness (QED) is 0.700. The Morgan fingerprint density at radius 2 is 2.00 bits per heavy atom. The number of halogens is 1. The third-order valence-electron chi connectivity index (χ3n) is 4.27. The minimum absolute atomic E-state index is 0.0213. The first-order valence-corrected chi connectivity index (χ1v) is 8.19. The van der Waals surface area contributed by atoms with Crippen LogP contribution in [-0.4, -0.2) is 49.6 Å². The van der Waals surface area contributed by atoms with E-state index in [2.05, 4.69) is 20.1 Å². The van der Waals surface area contributed by atoms with Crippen molar-refractivity contribution < 1.29 is 15.8 Å². The van der Waals surface area contributed by atoms with Gasteiger partial charge in [0, 0.05) is 32.3 Å². The van der Waals surface area contributed by atoms with Crippen LogP contribution in [0.3, 0.4) is 0 Å². The zero-order valence-electron chi connectivity index (χ0n) is 14.7. The molecule has 1 fully saturated rings. The predicted molar refractivity (Wildman–Crippen MR) is 91.9 cm³/mol. The normalized spacial score (nSPS) is 20.5. The largest absolute Gasteiger partial charge is 0.373 e. The van der Waals surface area contributed by atoms with Gasteiger partial charge < -0.3 is 14.5 Å². The number of hydrogen-bond acceptors (Lipinski definition) is 7. The molecule has 0 spiro atoms. The third-order valence-corrected chi connectivity index (χ3v) is 4.44. The number of hydrogen-bond donors (Lipinski definition) is 1. The lowest BCUT2D eigenvalue weighted by Crippen LogP contribution is -2.35. The van der Waals surface area contributed by atoms with Crippen molar-refractivity contribution >= 4 is 17.5 Å². The first-order valence-electron chi connectivity index (χ1n) is 8.31. The van der Waals surface area contributed by atoms with Gasteiger partial charge in [-0.25, -0.2) is 15.0 Å². The van der Waals surface area contributed by atoms with Crippen molar-refractivity contribution in [3.05, 3.63) is 47.5 Å². The van der Waals surface area contributed by atoms with E-state index in [4.69, 9.17) is 17.5 Å². The summed E-state index contributed by atoms with van der Waals surface area (Å²) >= 11 is 5.81. The maximum Gasteiger partial charge on any atom is 0.262 e. The number of rotatable bonds is 3. The van der Waals surface area contributed by atoms with Crippen molar-refractivity contribution in [2.75, 3.05) is 13.6 Å². The van der Waals surface area contributed by atoms with Gasteiger partial charge in [0.2, 0.25) is 10.9 Å². The Morgan fingerprint density at radius 3 is 2.69 bits per heavy atom. The highest BCUT2D eigenvalue weighted by molar-refractivity contribution is 6.28. The standard InChI is InChI=1S/C17H14ClN5O3/c1-23-8-6-17(25,15(23)24)14-9-13(22-26-14)11-4-2-3-10(20-11)12-5-7-19-16(18)21-12/h2-5,7,9,25H,6,8H2,1H3/t17-/m1/s1/i7D. The van der Waals surface area contributed by atoms with E-state index < -0.39 is 11.5 Å². The molecule has 3 aromatic rings. The van der Waals surface area contributed by atoms with Gasteiger partial charge in [-0.3, -0.25) is 4.79 Å². The lowest BCUT2D eigenvalue weighted by atomic mass is 9.98. The molecule has 0 bridgehead atoms. The first kappa shape index (κ1) is 15.4. The Hall–Kier alpha value is -2.84. The summed E-state index contributed by atoms with van der Waals surface area (Å²) in [5.74, 6) is -0.344. The average Bonchev–Trinajstić information content (AvgIpc) is 3.24. The maximum atomic E-state index is 12.2. The van der Waals surface area contributed by atoms with Crippen molar-refractivity contribution in [3.8, 4) is 22.8 Å². The third kappa shape index (κ3) is 2.73. The summed E-state index contributed by atoms with van der Waals surface area (Å²) in [4.78, 5) is 25.9. The Kier molecular flexibility index (Phi) is 3.65. The molecule has 0 aliphatic carbocycles. The number of carbonyl (C=O) groups is 1. The highest BCUT2D eigenvalue weighted by Crippen LogP contribution is 2.34. The lowest BCUT2D eigenvalue weighted by Gasteiger charge is -2.16. The maximum absolute atomic E-state index is 12.2. The molecule has 1 aliphatic rings. The fourth-order valence-electron chi connectivity index (χ4n) is 2.83. The predicted octanol–water partition coefficient (Wildman–Crippen LogP) is 1.90. The average molecular weight is 373 g/mol. The fraction of sp³-hybridized carbons (Fsp3) is 0.235. The molecule has 0 aromatic carbocycles. The van der Waals surface area contributed by atoms with Crippen LogP contribution in [0.15, 0.2) is 41.0 Å². The molecular formula is C17H14ClN5O3. The van der Waals surface area contributed by atoms with Gasteiger partial charge in [-0.15, -0.1) is 0 Å². The van der Waals surface area contributed by atoms with Gasteiger partial charge in [0.15, 0.2) is 5.76 Å². The van der Waals surface area contributed by atoms with E-state index in [1.807, 2.05) is 0 Å². The molecule has 3 aromatic heterocycles. The molecule has 4 rings (SSSR count). The Labute approximate surface area is 154 Å². The minimum atomic E-state index is -1.71. The van der Waals surface area contributed by atoms with Crippen molar-refractivity contribution in [2.24, 2.45) is 0 Å². The van der Waals surface area contributed by atoms with Crippen molar-refractivity contribution in [1.82, 2.24) is 25.0 Å². The van der Waals surface area contributed by atoms with Crippen LogP contribution in [0.1, 0.15) is 13.6 Å². The van der Waals surface area contributed by atoms with Gasteiger partial charge in [-0.05, 0) is 29.8 Å². The summed E-state index contributed by atoms with van der Waals surface area (Å²) in [7, 11) is 1.62. The second-order valence-electron chi connectivity index (χ2n) is 5.97. The second-order valence-corrected chi connectivity index (χ2v) is 6.31. The van der Waals surface area contributed by atoms with Crippen LogP contribution >= 0.6 is 11.6 Å². The number of likely N-dealkylation sites (N-methyl/N-ethyl adjacent to an activating group) is 1. The van der Waals surface area contributed by atoms with Gasteiger partial charge in [0.05, 0.1) is 18.5 Å². The molecular weight excluding hydrogens is 358 g/mol. The van der Waals surface area contributed by atoms with Crippen molar-refractivity contribution in [1.29, 1.82) is 0 Å². The topological polar surface area (TPSA) is 105 Å². The van der Waals surface area contributed by atoms with E-state index in [1.165, 1.54) is 17.0 Å². The van der Waals surface area contributed by atoms with Gasteiger partial charge in [-0.1, -0.05) is 11.2 Å². The molecule has 4 heterocycles. The number of likely N-dealkylation sites (tertiary alicyclic amines) is 1. The van der Waals surface area contributed by atoms with Gasteiger partial charge in [-0.2, -0.15) is 0 Å². The molecule has 0 unspecified atom stereocenters. The number of carbonyl (C=O) groups excluding carboxylic acids is 1. The number of nitrogens with zero attached hydrogens (tertiary/aromatic N) is 5. The smallest absolute Gasteiger partial charge is 0.262 e. The molecule has 1 aliphatic heterocycles. The molecule has 26 heavy (non-hydrogen) atoms. The monoisotopic (exact) mass is 372 g/mol. The second kappa shape index (κ2) is 6.15. The Morgan fingerprint density at radius 1 is 1.27 bits per heavy atom. The Balaban J connectivity index is 1.69. The first-order chi connectivity index (χ1) is 12.9. The summed E-state index contributed by atoms with van der Waals surface area (Å²) in [6.07, 6.45) is 0.211. The van der Waals surface area contributed by atoms with E-state index >= 15 is 0 Å². The summed E-state index contributed by atoms with van der Waals surface area (Å²) in [6.45, 7) is 0.434. The van der Waals surface area contributed by atoms with Crippen LogP contribution < -0.4 is 0 Å². The molecule has 0 saturated carbocycles. The zero-order chi connectivity index (χ0) is 19.2. The number of aromatic nitrogens is 4. The molecule has 1 amide bonds. The van der Waals surface area contributed by atoms with Gasteiger partial charge in [0.25, 0.3) is 5.91 Å². The molecule has 0 radical (unpaired) electrons.